The van der Waals surface area contributed by atoms with Gasteiger partial charge in [0.15, 0.2) is 0 Å². The largest absolute Gasteiger partial charge is 0.403 e. The van der Waals surface area contributed by atoms with Crippen LogP contribution in [0.1, 0.15) is 0 Å². The van der Waals surface area contributed by atoms with Gasteiger partial charge in [0.1, 0.15) is 0 Å². The molecule has 0 saturated carbocycles. The summed E-state index contributed by atoms with van der Waals surface area (Å²) in [7, 11) is 0. The van der Waals surface area contributed by atoms with Crippen LogP contribution in [0.2, 0.25) is 5.02 Å². The highest BCUT2D eigenvalue weighted by Gasteiger charge is 2.11. The van der Waals surface area contributed by atoms with Gasteiger partial charge in [-0.2, -0.15) is 0 Å². The number of hydrogen-bond donors (Lipinski definition) is 1. The van der Waals surface area contributed by atoms with Gasteiger partial charge in [0, 0.05) is 15.5 Å². The average molecular weight is 346 g/mol. The molecule has 3 rings (SSSR count). The molecule has 0 unspecified atom stereocenters. The maximum absolute atomic E-state index is 11.9. The molecule has 0 aliphatic carbocycles. The van der Waals surface area contributed by atoms with Crippen LogP contribution in [-0.2, 0) is 4.79 Å². The van der Waals surface area contributed by atoms with Crippen LogP contribution in [0.25, 0.3) is 11.5 Å². The minimum absolute atomic E-state index is 0.0774. The summed E-state index contributed by atoms with van der Waals surface area (Å²) >= 11 is 7.27. The lowest BCUT2D eigenvalue weighted by molar-refractivity contribution is -0.113. The third-order valence-electron chi connectivity index (χ3n) is 2.88. The van der Waals surface area contributed by atoms with E-state index in [-0.39, 0.29) is 17.7 Å². The van der Waals surface area contributed by atoms with Crippen molar-refractivity contribution in [3.05, 3.63) is 59.6 Å². The summed E-state index contributed by atoms with van der Waals surface area (Å²) in [6, 6.07) is 16.8. The van der Waals surface area contributed by atoms with Crippen molar-refractivity contribution in [2.75, 3.05) is 11.1 Å². The van der Waals surface area contributed by atoms with Gasteiger partial charge in [-0.3, -0.25) is 10.1 Å². The zero-order chi connectivity index (χ0) is 16.1. The van der Waals surface area contributed by atoms with Crippen LogP contribution in [-0.4, -0.2) is 21.9 Å². The molecule has 23 heavy (non-hydrogen) atoms. The highest BCUT2D eigenvalue weighted by atomic mass is 35.5. The van der Waals surface area contributed by atoms with E-state index in [1.807, 2.05) is 30.3 Å². The van der Waals surface area contributed by atoms with Crippen molar-refractivity contribution in [2.45, 2.75) is 4.90 Å². The SMILES string of the molecule is O=C(CSc1ccccc1)Nc1nnc(-c2ccc(Cl)cc2)o1. The minimum Gasteiger partial charge on any atom is -0.403 e. The summed E-state index contributed by atoms with van der Waals surface area (Å²) in [6.07, 6.45) is 0. The van der Waals surface area contributed by atoms with Crippen molar-refractivity contribution >= 4 is 35.3 Å². The van der Waals surface area contributed by atoms with Crippen molar-refractivity contribution in [3.63, 3.8) is 0 Å². The second-order valence-corrected chi connectivity index (χ2v) is 6.05. The number of hydrogen-bond acceptors (Lipinski definition) is 5. The molecule has 7 heteroatoms. The summed E-state index contributed by atoms with van der Waals surface area (Å²) in [4.78, 5) is 12.9. The molecule has 0 fully saturated rings. The maximum Gasteiger partial charge on any atom is 0.322 e. The number of benzene rings is 2. The van der Waals surface area contributed by atoms with Crippen LogP contribution in [0.4, 0.5) is 6.01 Å². The van der Waals surface area contributed by atoms with Crippen molar-refractivity contribution in [1.82, 2.24) is 10.2 Å². The van der Waals surface area contributed by atoms with E-state index in [9.17, 15) is 4.79 Å². The van der Waals surface area contributed by atoms with Crippen LogP contribution in [0.3, 0.4) is 0 Å². The average Bonchev–Trinajstić information content (AvgIpc) is 3.03. The van der Waals surface area contributed by atoms with Gasteiger partial charge in [-0.1, -0.05) is 34.9 Å². The van der Waals surface area contributed by atoms with Crippen LogP contribution in [0.5, 0.6) is 0 Å². The van der Waals surface area contributed by atoms with Gasteiger partial charge in [0.25, 0.3) is 0 Å². The van der Waals surface area contributed by atoms with Gasteiger partial charge in [0.2, 0.25) is 11.8 Å². The summed E-state index contributed by atoms with van der Waals surface area (Å²) in [6.45, 7) is 0. The van der Waals surface area contributed by atoms with Gasteiger partial charge in [-0.25, -0.2) is 0 Å². The molecule has 0 bridgehead atoms. The molecule has 0 aliphatic heterocycles. The number of thioether (sulfide) groups is 1. The molecule has 5 nitrogen and oxygen atoms in total. The molecular weight excluding hydrogens is 334 g/mol. The number of nitrogens with zero attached hydrogens (tertiary/aromatic N) is 2. The van der Waals surface area contributed by atoms with Crippen LogP contribution < -0.4 is 5.32 Å². The molecular formula is C16H12ClN3O2S. The van der Waals surface area contributed by atoms with E-state index < -0.39 is 0 Å². The minimum atomic E-state index is -0.204. The molecule has 1 N–H and O–H groups in total. The molecule has 1 heterocycles. The predicted octanol–water partition coefficient (Wildman–Crippen LogP) is 4.12. The standard InChI is InChI=1S/C16H12ClN3O2S/c17-12-8-6-11(7-9-12)15-19-20-16(22-15)18-14(21)10-23-13-4-2-1-3-5-13/h1-9H,10H2,(H,18,20,21). The molecule has 0 radical (unpaired) electrons. The lowest BCUT2D eigenvalue weighted by atomic mass is 10.2. The number of anilines is 1. The molecule has 0 spiro atoms. The zero-order valence-electron chi connectivity index (χ0n) is 11.9. The Bertz CT molecular complexity index is 791. The van der Waals surface area contributed by atoms with Crippen LogP contribution in [0.15, 0.2) is 63.9 Å². The van der Waals surface area contributed by atoms with Crippen molar-refractivity contribution in [1.29, 1.82) is 0 Å². The normalized spacial score (nSPS) is 10.5. The number of aromatic nitrogens is 2. The number of carbonyl (C=O) groups is 1. The molecule has 116 valence electrons. The van der Waals surface area contributed by atoms with Gasteiger partial charge in [-0.05, 0) is 36.4 Å². The Labute approximate surface area is 142 Å². The van der Waals surface area contributed by atoms with Crippen molar-refractivity contribution in [2.24, 2.45) is 0 Å². The first kappa shape index (κ1) is 15.6. The molecule has 3 aromatic rings. The quantitative estimate of drug-likeness (QED) is 0.704. The Balaban J connectivity index is 1.58. The predicted molar refractivity (Wildman–Crippen MR) is 90.5 cm³/mol. The van der Waals surface area contributed by atoms with E-state index >= 15 is 0 Å². The maximum atomic E-state index is 11.9. The smallest absolute Gasteiger partial charge is 0.322 e. The molecule has 2 aromatic carbocycles. The fraction of sp³-hybridized carbons (Fsp3) is 0.0625. The number of carbonyl (C=O) groups excluding carboxylic acids is 1. The summed E-state index contributed by atoms with van der Waals surface area (Å²) in [5.41, 5.74) is 0.737. The molecule has 0 saturated heterocycles. The van der Waals surface area contributed by atoms with E-state index in [4.69, 9.17) is 16.0 Å². The fourth-order valence-electron chi connectivity index (χ4n) is 1.80. The highest BCUT2D eigenvalue weighted by molar-refractivity contribution is 8.00. The Morgan fingerprint density at radius 2 is 1.83 bits per heavy atom. The Hall–Kier alpha value is -2.31. The lowest BCUT2D eigenvalue weighted by Crippen LogP contribution is -2.14. The molecule has 1 aromatic heterocycles. The Morgan fingerprint density at radius 1 is 1.09 bits per heavy atom. The summed E-state index contributed by atoms with van der Waals surface area (Å²) in [5.74, 6) is 0.390. The van der Waals surface area contributed by atoms with Gasteiger partial charge in [-0.15, -0.1) is 16.9 Å². The lowest BCUT2D eigenvalue weighted by Gasteiger charge is -2.01. The van der Waals surface area contributed by atoms with E-state index in [1.54, 1.807) is 24.3 Å². The van der Waals surface area contributed by atoms with Gasteiger partial charge < -0.3 is 4.42 Å². The monoisotopic (exact) mass is 345 g/mol. The Morgan fingerprint density at radius 3 is 2.57 bits per heavy atom. The van der Waals surface area contributed by atoms with Crippen LogP contribution in [0, 0.1) is 0 Å². The van der Waals surface area contributed by atoms with Crippen molar-refractivity contribution < 1.29 is 9.21 Å². The van der Waals surface area contributed by atoms with E-state index in [1.165, 1.54) is 11.8 Å². The topological polar surface area (TPSA) is 68.0 Å². The highest BCUT2D eigenvalue weighted by Crippen LogP contribution is 2.22. The third kappa shape index (κ3) is 4.34. The number of nitrogens with one attached hydrogen (secondary N) is 1. The third-order valence-corrected chi connectivity index (χ3v) is 4.14. The second-order valence-electron chi connectivity index (χ2n) is 4.57. The first-order chi connectivity index (χ1) is 11.2. The Kier molecular flexibility index (Phi) is 4.95. The molecule has 0 aliphatic rings. The van der Waals surface area contributed by atoms with E-state index in [0.717, 1.165) is 10.5 Å². The summed E-state index contributed by atoms with van der Waals surface area (Å²) < 4.78 is 5.43. The van der Waals surface area contributed by atoms with Crippen LogP contribution >= 0.6 is 23.4 Å². The molecule has 1 amide bonds. The second kappa shape index (κ2) is 7.30. The van der Waals surface area contributed by atoms with Gasteiger partial charge in [0.05, 0.1) is 5.75 Å². The molecule has 0 atom stereocenters. The number of rotatable bonds is 5. The van der Waals surface area contributed by atoms with E-state index in [2.05, 4.69) is 15.5 Å². The summed E-state index contributed by atoms with van der Waals surface area (Å²) in [5, 5.41) is 10.9. The first-order valence-electron chi connectivity index (χ1n) is 6.78. The number of halogens is 1. The van der Waals surface area contributed by atoms with Gasteiger partial charge >= 0.3 is 6.01 Å². The first-order valence-corrected chi connectivity index (χ1v) is 8.14. The zero-order valence-corrected chi connectivity index (χ0v) is 13.5. The number of amides is 1. The fourth-order valence-corrected chi connectivity index (χ4v) is 2.65. The van der Waals surface area contributed by atoms with E-state index in [0.29, 0.717) is 10.9 Å². The van der Waals surface area contributed by atoms with Crippen molar-refractivity contribution in [3.8, 4) is 11.5 Å².